The van der Waals surface area contributed by atoms with Crippen LogP contribution in [-0.2, 0) is 21.7 Å². The van der Waals surface area contributed by atoms with Crippen LogP contribution < -0.4 is 12.4 Å². The van der Waals surface area contributed by atoms with E-state index in [-0.39, 0.29) is 34.1 Å². The summed E-state index contributed by atoms with van der Waals surface area (Å²) >= 11 is 0. The predicted molar refractivity (Wildman–Crippen MR) is 43.1 cm³/mol. The zero-order chi connectivity index (χ0) is 7.07. The SMILES string of the molecule is [C-]1=CC=CC1.[C-]1=CC=CC1.[Cl-].[Ti+2]. The first-order valence-corrected chi connectivity index (χ1v) is 3.43. The minimum Gasteiger partial charge on any atom is -1.00 e. The molecule has 0 heterocycles. The summed E-state index contributed by atoms with van der Waals surface area (Å²) in [6.45, 7) is 0. The van der Waals surface area contributed by atoms with E-state index in [1.807, 2.05) is 24.3 Å². The Hall–Kier alpha value is -0.0357. The van der Waals surface area contributed by atoms with Gasteiger partial charge in [0.15, 0.2) is 0 Å². The first-order chi connectivity index (χ1) is 5.00. The van der Waals surface area contributed by atoms with Crippen LogP contribution in [0.5, 0.6) is 0 Å². The maximum Gasteiger partial charge on any atom is 2.00 e. The molecular weight excluding hydrogens is 203 g/mol. The summed E-state index contributed by atoms with van der Waals surface area (Å²) < 4.78 is 0. The topological polar surface area (TPSA) is 0 Å². The fourth-order valence-corrected chi connectivity index (χ4v) is 0.680. The molecule has 0 bridgehead atoms. The van der Waals surface area contributed by atoms with Gasteiger partial charge in [-0.25, -0.2) is 24.3 Å². The molecule has 0 N–H and O–H groups in total. The zero-order valence-corrected chi connectivity index (χ0v) is 9.07. The third-order valence-electron chi connectivity index (χ3n) is 1.17. The Bertz CT molecular complexity index is 148. The second-order valence-corrected chi connectivity index (χ2v) is 2.01. The van der Waals surface area contributed by atoms with E-state index in [1.54, 1.807) is 0 Å². The summed E-state index contributed by atoms with van der Waals surface area (Å²) in [6.07, 6.45) is 20.0. The standard InChI is InChI=1S/2C5H5.ClH.Ti/c2*1-2-4-5-3-1;;/h2*1-3H,4H2;1H;/q2*-1;;+2/p-1. The zero-order valence-electron chi connectivity index (χ0n) is 6.76. The average Bonchev–Trinajstić information content (AvgIpc) is 2.67. The van der Waals surface area contributed by atoms with Gasteiger partial charge in [0.2, 0.25) is 0 Å². The molecule has 62 valence electrons. The Morgan fingerprint density at radius 1 is 0.833 bits per heavy atom. The quantitative estimate of drug-likeness (QED) is 0.380. The van der Waals surface area contributed by atoms with Gasteiger partial charge in [-0.15, -0.1) is 12.8 Å². The summed E-state index contributed by atoms with van der Waals surface area (Å²) in [7, 11) is 0. The molecule has 0 atom stereocenters. The van der Waals surface area contributed by atoms with Crippen LogP contribution in [0.3, 0.4) is 0 Å². The predicted octanol–water partition coefficient (Wildman–Crippen LogP) is -0.387. The maximum absolute atomic E-state index is 2.99. The van der Waals surface area contributed by atoms with E-state index >= 15 is 0 Å². The summed E-state index contributed by atoms with van der Waals surface area (Å²) in [5, 5.41) is 0. The van der Waals surface area contributed by atoms with Crippen LogP contribution >= 0.6 is 0 Å². The van der Waals surface area contributed by atoms with Gasteiger partial charge in [-0.1, -0.05) is 0 Å². The van der Waals surface area contributed by atoms with Crippen LogP contribution in [0.15, 0.2) is 36.5 Å². The van der Waals surface area contributed by atoms with E-state index in [0.717, 1.165) is 12.8 Å². The summed E-state index contributed by atoms with van der Waals surface area (Å²) in [5.41, 5.74) is 0. The van der Waals surface area contributed by atoms with E-state index in [4.69, 9.17) is 0 Å². The van der Waals surface area contributed by atoms with E-state index in [2.05, 4.69) is 24.3 Å². The monoisotopic (exact) mass is 213 g/mol. The van der Waals surface area contributed by atoms with Gasteiger partial charge in [-0.3, -0.25) is 12.2 Å². The van der Waals surface area contributed by atoms with Crippen LogP contribution in [0, 0.1) is 12.2 Å². The van der Waals surface area contributed by atoms with E-state index < -0.39 is 0 Å². The smallest absolute Gasteiger partial charge is 1.00 e. The van der Waals surface area contributed by atoms with Gasteiger partial charge in [0.1, 0.15) is 0 Å². The van der Waals surface area contributed by atoms with Gasteiger partial charge in [0, 0.05) is 0 Å². The van der Waals surface area contributed by atoms with Crippen LogP contribution in [0.2, 0.25) is 0 Å². The first kappa shape index (κ1) is 14.5. The molecule has 0 radical (unpaired) electrons. The van der Waals surface area contributed by atoms with Crippen molar-refractivity contribution in [2.24, 2.45) is 0 Å². The summed E-state index contributed by atoms with van der Waals surface area (Å²) in [4.78, 5) is 0. The van der Waals surface area contributed by atoms with Gasteiger partial charge in [-0.05, 0) is 0 Å². The van der Waals surface area contributed by atoms with Crippen LogP contribution in [0.1, 0.15) is 12.8 Å². The fourth-order valence-electron chi connectivity index (χ4n) is 0.680. The Morgan fingerprint density at radius 2 is 1.25 bits per heavy atom. The van der Waals surface area contributed by atoms with Crippen molar-refractivity contribution in [2.45, 2.75) is 12.8 Å². The molecule has 0 unspecified atom stereocenters. The largest absolute Gasteiger partial charge is 2.00 e. The molecular formula is C10H10ClTi-. The second kappa shape index (κ2) is 11.0. The third kappa shape index (κ3) is 8.06. The maximum atomic E-state index is 2.99. The Balaban J connectivity index is 0. The van der Waals surface area contributed by atoms with E-state index in [9.17, 15) is 0 Å². The van der Waals surface area contributed by atoms with Crippen molar-refractivity contribution in [3.05, 3.63) is 48.6 Å². The Morgan fingerprint density at radius 3 is 1.33 bits per heavy atom. The van der Waals surface area contributed by atoms with E-state index in [0.29, 0.717) is 0 Å². The molecule has 2 aliphatic rings. The Labute approximate surface area is 95.4 Å². The van der Waals surface area contributed by atoms with Gasteiger partial charge < -0.3 is 12.4 Å². The molecule has 2 heteroatoms. The first-order valence-electron chi connectivity index (χ1n) is 3.43. The van der Waals surface area contributed by atoms with Gasteiger partial charge >= 0.3 is 21.7 Å². The van der Waals surface area contributed by atoms with Crippen LogP contribution in [-0.4, -0.2) is 0 Å². The molecule has 0 aromatic heterocycles. The molecule has 0 fully saturated rings. The Kier molecular flexibility index (Phi) is 13.2. The van der Waals surface area contributed by atoms with Crippen LogP contribution in [0.4, 0.5) is 0 Å². The molecule has 2 aliphatic carbocycles. The number of allylic oxidation sites excluding steroid dienone is 8. The third-order valence-corrected chi connectivity index (χ3v) is 1.17. The molecule has 2 rings (SSSR count). The molecule has 0 nitrogen and oxygen atoms in total. The molecule has 0 amide bonds. The summed E-state index contributed by atoms with van der Waals surface area (Å²) in [6, 6.07) is 0. The van der Waals surface area contributed by atoms with Crippen molar-refractivity contribution in [2.75, 3.05) is 0 Å². The van der Waals surface area contributed by atoms with Crippen molar-refractivity contribution in [3.8, 4) is 0 Å². The molecule has 0 spiro atoms. The minimum absolute atomic E-state index is 0. The molecule has 0 aromatic rings. The normalized spacial score (nSPS) is 14.7. The van der Waals surface area contributed by atoms with Crippen LogP contribution in [0.25, 0.3) is 0 Å². The number of hydrogen-bond donors (Lipinski definition) is 0. The molecule has 0 saturated carbocycles. The van der Waals surface area contributed by atoms with Gasteiger partial charge in [-0.2, -0.15) is 12.2 Å². The van der Waals surface area contributed by atoms with Crippen molar-refractivity contribution in [1.82, 2.24) is 0 Å². The average molecular weight is 214 g/mol. The number of rotatable bonds is 0. The second-order valence-electron chi connectivity index (χ2n) is 2.01. The molecule has 0 saturated heterocycles. The molecule has 0 aliphatic heterocycles. The van der Waals surface area contributed by atoms with Gasteiger partial charge in [0.25, 0.3) is 0 Å². The van der Waals surface area contributed by atoms with Crippen molar-refractivity contribution < 1.29 is 34.1 Å². The molecule has 12 heavy (non-hydrogen) atoms. The van der Waals surface area contributed by atoms with E-state index in [1.165, 1.54) is 0 Å². The summed E-state index contributed by atoms with van der Waals surface area (Å²) in [5.74, 6) is 0. The molecule has 0 aromatic carbocycles. The number of hydrogen-bond acceptors (Lipinski definition) is 0. The van der Waals surface area contributed by atoms with Crippen molar-refractivity contribution in [1.29, 1.82) is 0 Å². The fraction of sp³-hybridized carbons (Fsp3) is 0.200. The number of halogens is 1. The van der Waals surface area contributed by atoms with Crippen molar-refractivity contribution >= 4 is 0 Å². The van der Waals surface area contributed by atoms with Gasteiger partial charge in [0.05, 0.1) is 0 Å². The van der Waals surface area contributed by atoms with Crippen molar-refractivity contribution in [3.63, 3.8) is 0 Å². The minimum atomic E-state index is 0.